The lowest BCUT2D eigenvalue weighted by Gasteiger charge is -2.34. The molecule has 0 aromatic carbocycles. The van der Waals surface area contributed by atoms with Gasteiger partial charge in [-0.2, -0.15) is 5.10 Å². The number of halogens is 1. The largest absolute Gasteiger partial charge is 0.381 e. The Hall–Kier alpha value is -1.07. The van der Waals surface area contributed by atoms with E-state index in [9.17, 15) is 0 Å². The van der Waals surface area contributed by atoms with Gasteiger partial charge in [-0.05, 0) is 25.2 Å². The van der Waals surface area contributed by atoms with Crippen LogP contribution in [0.5, 0.6) is 0 Å². The molecular weight excluding hydrogens is 288 g/mol. The van der Waals surface area contributed by atoms with E-state index >= 15 is 0 Å². The van der Waals surface area contributed by atoms with Gasteiger partial charge in [-0.25, -0.2) is 4.98 Å². The first kappa shape index (κ1) is 14.9. The second-order valence-corrected chi connectivity index (χ2v) is 6.74. The van der Waals surface area contributed by atoms with Crippen molar-refractivity contribution in [3.8, 4) is 0 Å². The van der Waals surface area contributed by atoms with Crippen LogP contribution in [0.25, 0.3) is 11.2 Å². The topological polar surface area (TPSA) is 44.9 Å². The molecule has 0 N–H and O–H groups in total. The van der Waals surface area contributed by atoms with Gasteiger partial charge in [0.15, 0.2) is 5.65 Å². The smallest absolute Gasteiger partial charge is 0.158 e. The molecule has 0 saturated carbocycles. The van der Waals surface area contributed by atoms with Crippen LogP contribution in [0.15, 0.2) is 0 Å². The van der Waals surface area contributed by atoms with Crippen LogP contribution in [0.4, 0.5) is 0 Å². The van der Waals surface area contributed by atoms with Crippen LogP contribution in [0, 0.1) is 12.3 Å². The molecule has 0 bridgehead atoms. The van der Waals surface area contributed by atoms with Crippen molar-refractivity contribution in [2.45, 2.75) is 39.7 Å². The van der Waals surface area contributed by atoms with Gasteiger partial charge in [-0.15, -0.1) is 11.6 Å². The predicted octanol–water partition coefficient (Wildman–Crippen LogP) is 2.68. The molecule has 1 aliphatic rings. The molecule has 3 rings (SSSR count). The first-order valence-electron chi connectivity index (χ1n) is 7.56. The van der Waals surface area contributed by atoms with Crippen molar-refractivity contribution in [3.63, 3.8) is 0 Å². The molecular formula is C15H23ClN4O. The Balaban J connectivity index is 2.04. The number of imidazole rings is 1. The third kappa shape index (κ3) is 2.69. The summed E-state index contributed by atoms with van der Waals surface area (Å²) in [5, 5.41) is 4.50. The van der Waals surface area contributed by atoms with E-state index in [1.54, 1.807) is 0 Å². The zero-order valence-corrected chi connectivity index (χ0v) is 13.8. The fraction of sp³-hybridized carbons (Fsp3) is 0.733. The number of nitrogens with zero attached hydrogens (tertiary/aromatic N) is 4. The van der Waals surface area contributed by atoms with E-state index < -0.39 is 0 Å². The van der Waals surface area contributed by atoms with Gasteiger partial charge in [-0.3, -0.25) is 4.68 Å². The molecule has 3 heterocycles. The minimum Gasteiger partial charge on any atom is -0.381 e. The van der Waals surface area contributed by atoms with E-state index in [0.717, 1.165) is 61.7 Å². The summed E-state index contributed by atoms with van der Waals surface area (Å²) in [6, 6.07) is 0. The molecule has 6 heteroatoms. The van der Waals surface area contributed by atoms with Crippen molar-refractivity contribution in [2.24, 2.45) is 12.5 Å². The summed E-state index contributed by atoms with van der Waals surface area (Å²) in [6.45, 7) is 7.01. The highest BCUT2D eigenvalue weighted by Gasteiger charge is 2.30. The first-order chi connectivity index (χ1) is 10.0. The van der Waals surface area contributed by atoms with Crippen LogP contribution < -0.4 is 0 Å². The molecule has 2 aromatic heterocycles. The number of fused-ring (bicyclic) bond motifs is 1. The van der Waals surface area contributed by atoms with Crippen LogP contribution in [-0.2, 0) is 24.8 Å². The van der Waals surface area contributed by atoms with Gasteiger partial charge in [0.2, 0.25) is 0 Å². The highest BCUT2D eigenvalue weighted by atomic mass is 35.5. The molecule has 0 spiro atoms. The number of alkyl halides is 1. The number of hydrogen-bond acceptors (Lipinski definition) is 3. The monoisotopic (exact) mass is 310 g/mol. The SMILES string of the molecule is Cc1nn(C)c2c1nc(CCCl)n2CC1(C)CCOCC1. The summed E-state index contributed by atoms with van der Waals surface area (Å²) in [7, 11) is 1.99. The van der Waals surface area contributed by atoms with E-state index in [2.05, 4.69) is 16.6 Å². The van der Waals surface area contributed by atoms with Gasteiger partial charge >= 0.3 is 0 Å². The minimum atomic E-state index is 0.255. The molecule has 116 valence electrons. The maximum absolute atomic E-state index is 5.96. The second kappa shape index (κ2) is 5.61. The molecule has 0 atom stereocenters. The summed E-state index contributed by atoms with van der Waals surface area (Å²) in [5.74, 6) is 1.67. The maximum Gasteiger partial charge on any atom is 0.158 e. The van der Waals surface area contributed by atoms with E-state index in [4.69, 9.17) is 21.3 Å². The molecule has 1 saturated heterocycles. The summed E-state index contributed by atoms with van der Waals surface area (Å²) in [4.78, 5) is 4.78. The molecule has 0 amide bonds. The lowest BCUT2D eigenvalue weighted by Crippen LogP contribution is -2.31. The lowest BCUT2D eigenvalue weighted by molar-refractivity contribution is 0.0156. The summed E-state index contributed by atoms with van der Waals surface area (Å²) in [5.41, 5.74) is 3.36. The molecule has 0 unspecified atom stereocenters. The molecule has 1 aliphatic heterocycles. The zero-order chi connectivity index (χ0) is 15.0. The van der Waals surface area contributed by atoms with Crippen molar-refractivity contribution >= 4 is 22.8 Å². The number of aromatic nitrogens is 4. The fourth-order valence-corrected chi connectivity index (χ4v) is 3.39. The highest BCUT2D eigenvalue weighted by molar-refractivity contribution is 6.17. The number of hydrogen-bond donors (Lipinski definition) is 0. The quantitative estimate of drug-likeness (QED) is 0.816. The van der Waals surface area contributed by atoms with Crippen LogP contribution in [0.1, 0.15) is 31.3 Å². The number of rotatable bonds is 4. The predicted molar refractivity (Wildman–Crippen MR) is 83.8 cm³/mol. The van der Waals surface area contributed by atoms with Gasteiger partial charge in [-0.1, -0.05) is 6.92 Å². The Bertz CT molecular complexity index is 640. The highest BCUT2D eigenvalue weighted by Crippen LogP contribution is 2.33. The molecule has 2 aromatic rings. The molecule has 0 radical (unpaired) electrons. The van der Waals surface area contributed by atoms with Crippen molar-refractivity contribution < 1.29 is 4.74 Å². The van der Waals surface area contributed by atoms with Gasteiger partial charge in [0.1, 0.15) is 11.3 Å². The van der Waals surface area contributed by atoms with E-state index in [1.165, 1.54) is 0 Å². The summed E-state index contributed by atoms with van der Waals surface area (Å²) < 4.78 is 9.78. The molecule has 0 aliphatic carbocycles. The number of ether oxygens (including phenoxy) is 1. The van der Waals surface area contributed by atoms with E-state index in [-0.39, 0.29) is 5.41 Å². The average molecular weight is 311 g/mol. The normalized spacial score (nSPS) is 18.5. The van der Waals surface area contributed by atoms with E-state index in [0.29, 0.717) is 5.88 Å². The molecule has 21 heavy (non-hydrogen) atoms. The van der Waals surface area contributed by atoms with Crippen LogP contribution in [-0.4, -0.2) is 38.4 Å². The first-order valence-corrected chi connectivity index (χ1v) is 8.10. The van der Waals surface area contributed by atoms with Crippen molar-refractivity contribution in [2.75, 3.05) is 19.1 Å². The minimum absolute atomic E-state index is 0.255. The Labute approximate surface area is 130 Å². The van der Waals surface area contributed by atoms with Crippen molar-refractivity contribution in [3.05, 3.63) is 11.5 Å². The van der Waals surface area contributed by atoms with Crippen molar-refractivity contribution in [1.82, 2.24) is 19.3 Å². The molecule has 5 nitrogen and oxygen atoms in total. The van der Waals surface area contributed by atoms with Gasteiger partial charge in [0, 0.05) is 39.1 Å². The Morgan fingerprint density at radius 3 is 2.71 bits per heavy atom. The standard InChI is InChI=1S/C15H23ClN4O/c1-11-13-14(19(3)18-11)20(12(17-13)4-7-16)10-15(2)5-8-21-9-6-15/h4-10H2,1-3H3. The Kier molecular flexibility index (Phi) is 3.97. The van der Waals surface area contributed by atoms with Crippen molar-refractivity contribution in [1.29, 1.82) is 0 Å². The summed E-state index contributed by atoms with van der Waals surface area (Å²) in [6.07, 6.45) is 2.97. The third-order valence-electron chi connectivity index (χ3n) is 4.53. The summed E-state index contributed by atoms with van der Waals surface area (Å²) >= 11 is 5.96. The fourth-order valence-electron chi connectivity index (χ4n) is 3.23. The van der Waals surface area contributed by atoms with E-state index in [1.807, 2.05) is 18.7 Å². The van der Waals surface area contributed by atoms with Gasteiger partial charge in [0.25, 0.3) is 0 Å². The number of aryl methyl sites for hydroxylation is 3. The zero-order valence-electron chi connectivity index (χ0n) is 13.0. The second-order valence-electron chi connectivity index (χ2n) is 6.36. The Morgan fingerprint density at radius 1 is 1.33 bits per heavy atom. The van der Waals surface area contributed by atoms with Crippen LogP contribution >= 0.6 is 11.6 Å². The van der Waals surface area contributed by atoms with Crippen LogP contribution in [0.3, 0.4) is 0 Å². The van der Waals surface area contributed by atoms with Gasteiger partial charge in [0.05, 0.1) is 5.69 Å². The average Bonchev–Trinajstić information content (AvgIpc) is 2.91. The Morgan fingerprint density at radius 2 is 2.05 bits per heavy atom. The third-order valence-corrected chi connectivity index (χ3v) is 4.72. The van der Waals surface area contributed by atoms with Crippen LogP contribution in [0.2, 0.25) is 0 Å². The lowest BCUT2D eigenvalue weighted by atomic mass is 9.82. The van der Waals surface area contributed by atoms with Gasteiger partial charge < -0.3 is 9.30 Å². The molecule has 1 fully saturated rings. The maximum atomic E-state index is 5.96.